The van der Waals surface area contributed by atoms with Crippen LogP contribution in [0.25, 0.3) is 0 Å². The molecule has 0 radical (unpaired) electrons. The molecule has 7 heteroatoms. The van der Waals surface area contributed by atoms with Crippen molar-refractivity contribution in [2.45, 2.75) is 59.1 Å². The fraction of sp³-hybridized carbons (Fsp3) is 0.611. The quantitative estimate of drug-likeness (QED) is 0.284. The summed E-state index contributed by atoms with van der Waals surface area (Å²) in [6.45, 7) is 13.0. The standard InChI is InChI=1S/C18H29F3N2OSi/c1-7-22-14(3)23-16-12-15(18(19,20)21)17(11-13(16)2)24-9-8-10-25(4,5)6/h11-12H,7-10H2,1-6H3,(H,22,23). The smallest absolute Gasteiger partial charge is 0.420 e. The van der Waals surface area contributed by atoms with Crippen molar-refractivity contribution in [1.82, 2.24) is 5.32 Å². The zero-order valence-corrected chi connectivity index (χ0v) is 17.0. The predicted molar refractivity (Wildman–Crippen MR) is 101 cm³/mol. The molecule has 0 fully saturated rings. The zero-order chi connectivity index (χ0) is 19.3. The Balaban J connectivity index is 3.05. The number of nitrogens with zero attached hydrogens (tertiary/aromatic N) is 1. The Morgan fingerprint density at radius 3 is 2.40 bits per heavy atom. The Labute approximate surface area is 149 Å². The molecule has 0 bridgehead atoms. The van der Waals surface area contributed by atoms with Gasteiger partial charge < -0.3 is 10.1 Å². The summed E-state index contributed by atoms with van der Waals surface area (Å²) in [6.07, 6.45) is -3.70. The number of rotatable bonds is 7. The van der Waals surface area contributed by atoms with Crippen LogP contribution in [0.3, 0.4) is 0 Å². The van der Waals surface area contributed by atoms with E-state index in [0.29, 0.717) is 30.2 Å². The number of benzene rings is 1. The van der Waals surface area contributed by atoms with E-state index in [1.54, 1.807) is 13.8 Å². The molecule has 0 aromatic heterocycles. The third kappa shape index (κ3) is 7.50. The Hall–Kier alpha value is -1.50. The molecular weight excluding hydrogens is 345 g/mol. The summed E-state index contributed by atoms with van der Waals surface area (Å²) in [5, 5.41) is 2.99. The van der Waals surface area contributed by atoms with Crippen LogP contribution >= 0.6 is 0 Å². The third-order valence-corrected chi connectivity index (χ3v) is 5.51. The highest BCUT2D eigenvalue weighted by molar-refractivity contribution is 6.76. The van der Waals surface area contributed by atoms with Gasteiger partial charge in [-0.1, -0.05) is 25.7 Å². The molecule has 0 saturated carbocycles. The van der Waals surface area contributed by atoms with E-state index in [0.717, 1.165) is 18.5 Å². The lowest BCUT2D eigenvalue weighted by molar-refractivity contribution is -0.138. The first-order valence-electron chi connectivity index (χ1n) is 8.58. The van der Waals surface area contributed by atoms with Crippen LogP contribution in [0.5, 0.6) is 5.75 Å². The number of aryl methyl sites for hydroxylation is 1. The molecule has 0 amide bonds. The van der Waals surface area contributed by atoms with Crippen molar-refractivity contribution in [2.75, 3.05) is 13.2 Å². The van der Waals surface area contributed by atoms with Crippen LogP contribution < -0.4 is 10.1 Å². The molecule has 0 spiro atoms. The molecule has 0 unspecified atom stereocenters. The lowest BCUT2D eigenvalue weighted by Crippen LogP contribution is -2.20. The average molecular weight is 375 g/mol. The maximum atomic E-state index is 13.4. The normalized spacial score (nSPS) is 13.1. The van der Waals surface area contributed by atoms with Crippen LogP contribution in [0.1, 0.15) is 31.4 Å². The second kappa shape index (κ2) is 8.74. The molecule has 0 aliphatic heterocycles. The highest BCUT2D eigenvalue weighted by Crippen LogP contribution is 2.40. The van der Waals surface area contributed by atoms with Crippen LogP contribution in [0, 0.1) is 6.92 Å². The molecule has 0 atom stereocenters. The topological polar surface area (TPSA) is 33.6 Å². The minimum atomic E-state index is -4.47. The molecule has 25 heavy (non-hydrogen) atoms. The first-order valence-corrected chi connectivity index (χ1v) is 12.3. The molecule has 142 valence electrons. The Morgan fingerprint density at radius 2 is 1.88 bits per heavy atom. The number of hydrogen-bond acceptors (Lipinski definition) is 2. The van der Waals surface area contributed by atoms with Gasteiger partial charge in [-0.2, -0.15) is 13.2 Å². The maximum Gasteiger partial charge on any atom is 0.420 e. The number of ether oxygens (including phenoxy) is 1. The van der Waals surface area contributed by atoms with Gasteiger partial charge in [-0.3, -0.25) is 0 Å². The molecular formula is C18H29F3N2OSi. The minimum absolute atomic E-state index is 0.111. The summed E-state index contributed by atoms with van der Waals surface area (Å²) < 4.78 is 45.7. The zero-order valence-electron chi connectivity index (χ0n) is 16.0. The van der Waals surface area contributed by atoms with Gasteiger partial charge in [0.2, 0.25) is 0 Å². The van der Waals surface area contributed by atoms with E-state index in [1.807, 2.05) is 6.92 Å². The van der Waals surface area contributed by atoms with Gasteiger partial charge >= 0.3 is 6.18 Å². The number of amidine groups is 1. The summed E-state index contributed by atoms with van der Waals surface area (Å²) in [4.78, 5) is 4.25. The highest BCUT2D eigenvalue weighted by Gasteiger charge is 2.35. The van der Waals surface area contributed by atoms with Crippen molar-refractivity contribution in [2.24, 2.45) is 4.99 Å². The summed E-state index contributed by atoms with van der Waals surface area (Å²) >= 11 is 0. The molecule has 1 rings (SSSR count). The number of hydrogen-bond donors (Lipinski definition) is 1. The van der Waals surface area contributed by atoms with E-state index in [-0.39, 0.29) is 5.75 Å². The Kier molecular flexibility index (Phi) is 7.53. The van der Waals surface area contributed by atoms with Gasteiger partial charge in [0.25, 0.3) is 0 Å². The van der Waals surface area contributed by atoms with Gasteiger partial charge in [0.1, 0.15) is 5.75 Å². The number of aliphatic imine (C=N–C) groups is 1. The number of alkyl halides is 3. The average Bonchev–Trinajstić information content (AvgIpc) is 2.44. The van der Waals surface area contributed by atoms with E-state index in [4.69, 9.17) is 4.74 Å². The number of nitrogens with one attached hydrogen (secondary N) is 1. The number of halogens is 3. The van der Waals surface area contributed by atoms with Crippen LogP contribution in [-0.4, -0.2) is 27.1 Å². The molecule has 0 heterocycles. The molecule has 1 aromatic carbocycles. The van der Waals surface area contributed by atoms with Crippen LogP contribution in [0.2, 0.25) is 25.7 Å². The monoisotopic (exact) mass is 374 g/mol. The van der Waals surface area contributed by atoms with Crippen molar-refractivity contribution in [3.63, 3.8) is 0 Å². The lowest BCUT2D eigenvalue weighted by Gasteiger charge is -2.18. The second-order valence-electron chi connectivity index (χ2n) is 7.37. The molecule has 1 N–H and O–H groups in total. The largest absolute Gasteiger partial charge is 0.493 e. The molecule has 0 saturated heterocycles. The first-order chi connectivity index (χ1) is 11.4. The van der Waals surface area contributed by atoms with Gasteiger partial charge in [0.15, 0.2) is 0 Å². The van der Waals surface area contributed by atoms with E-state index >= 15 is 0 Å². The van der Waals surface area contributed by atoms with Crippen LogP contribution in [0.15, 0.2) is 17.1 Å². The Bertz CT molecular complexity index is 608. The molecule has 3 nitrogen and oxygen atoms in total. The van der Waals surface area contributed by atoms with Crippen molar-refractivity contribution in [3.8, 4) is 5.75 Å². The van der Waals surface area contributed by atoms with Gasteiger partial charge in [-0.15, -0.1) is 0 Å². The Morgan fingerprint density at radius 1 is 1.24 bits per heavy atom. The van der Waals surface area contributed by atoms with E-state index in [2.05, 4.69) is 30.0 Å². The third-order valence-electron chi connectivity index (χ3n) is 3.65. The predicted octanol–water partition coefficient (Wildman–Crippen LogP) is 5.78. The SMILES string of the molecule is CCNC(C)=Nc1cc(C(F)(F)F)c(OCCC[Si](C)(C)C)cc1C. The van der Waals surface area contributed by atoms with Crippen LogP contribution in [-0.2, 0) is 6.18 Å². The molecule has 0 aliphatic rings. The summed E-state index contributed by atoms with van der Waals surface area (Å²) in [6, 6.07) is 3.54. The second-order valence-corrected chi connectivity index (χ2v) is 13.0. The van der Waals surface area contributed by atoms with Crippen molar-refractivity contribution >= 4 is 19.6 Å². The van der Waals surface area contributed by atoms with Crippen molar-refractivity contribution in [1.29, 1.82) is 0 Å². The van der Waals surface area contributed by atoms with E-state index in [9.17, 15) is 13.2 Å². The summed E-state index contributed by atoms with van der Waals surface area (Å²) in [5.41, 5.74) is 0.194. The minimum Gasteiger partial charge on any atom is -0.493 e. The van der Waals surface area contributed by atoms with E-state index < -0.39 is 19.8 Å². The lowest BCUT2D eigenvalue weighted by atomic mass is 10.1. The molecule has 0 aliphatic carbocycles. The van der Waals surface area contributed by atoms with E-state index in [1.165, 1.54) is 6.07 Å². The fourth-order valence-corrected chi connectivity index (χ4v) is 3.60. The van der Waals surface area contributed by atoms with Crippen molar-refractivity contribution in [3.05, 3.63) is 23.3 Å². The fourth-order valence-electron chi connectivity index (χ4n) is 2.39. The first kappa shape index (κ1) is 21.5. The summed E-state index contributed by atoms with van der Waals surface area (Å²) in [7, 11) is -1.22. The van der Waals surface area contributed by atoms with Gasteiger partial charge in [-0.05, 0) is 44.9 Å². The molecule has 1 aromatic rings. The summed E-state index contributed by atoms with van der Waals surface area (Å²) in [5.74, 6) is 0.475. The van der Waals surface area contributed by atoms with Crippen molar-refractivity contribution < 1.29 is 17.9 Å². The van der Waals surface area contributed by atoms with Gasteiger partial charge in [-0.25, -0.2) is 4.99 Å². The van der Waals surface area contributed by atoms with Gasteiger partial charge in [0, 0.05) is 14.6 Å². The maximum absolute atomic E-state index is 13.4. The van der Waals surface area contributed by atoms with Gasteiger partial charge in [0.05, 0.1) is 23.7 Å². The highest BCUT2D eigenvalue weighted by atomic mass is 28.3. The van der Waals surface area contributed by atoms with Crippen LogP contribution in [0.4, 0.5) is 18.9 Å².